The predicted molar refractivity (Wildman–Crippen MR) is 86.5 cm³/mol. The number of aliphatic hydroxyl groups is 1. The Morgan fingerprint density at radius 3 is 2.46 bits per heavy atom. The van der Waals surface area contributed by atoms with Gasteiger partial charge in [-0.1, -0.05) is 23.8 Å². The molecule has 0 spiro atoms. The van der Waals surface area contributed by atoms with Gasteiger partial charge in [0.05, 0.1) is 11.3 Å². The van der Waals surface area contributed by atoms with E-state index in [0.717, 1.165) is 5.56 Å². The van der Waals surface area contributed by atoms with E-state index in [1.165, 1.54) is 13.0 Å². The fourth-order valence-corrected chi connectivity index (χ4v) is 2.42. The van der Waals surface area contributed by atoms with Gasteiger partial charge in [-0.25, -0.2) is 0 Å². The summed E-state index contributed by atoms with van der Waals surface area (Å²) in [6, 6.07) is 10.4. The van der Waals surface area contributed by atoms with Crippen molar-refractivity contribution in [3.8, 4) is 24.0 Å². The summed E-state index contributed by atoms with van der Waals surface area (Å²) >= 11 is 0. The Balaban J connectivity index is 2.60. The number of rotatable bonds is 2. The van der Waals surface area contributed by atoms with Gasteiger partial charge in [0.2, 0.25) is 0 Å². The minimum Gasteiger partial charge on any atom is -0.507 e. The molecule has 1 atom stereocenters. The van der Waals surface area contributed by atoms with Crippen molar-refractivity contribution in [3.63, 3.8) is 0 Å². The number of allylic oxidation sites excluding steroid dienone is 2. The summed E-state index contributed by atoms with van der Waals surface area (Å²) < 4.78 is 0. The molecule has 6 heteroatoms. The molecule has 0 saturated carbocycles. The number of benzene rings is 1. The lowest BCUT2D eigenvalue weighted by Crippen LogP contribution is -2.38. The Labute approximate surface area is 139 Å². The van der Waals surface area contributed by atoms with Crippen molar-refractivity contribution in [2.75, 3.05) is 0 Å². The van der Waals surface area contributed by atoms with Gasteiger partial charge in [-0.15, -0.1) is 0 Å². The van der Waals surface area contributed by atoms with Crippen molar-refractivity contribution in [2.24, 2.45) is 0 Å². The first-order valence-corrected chi connectivity index (χ1v) is 7.02. The molecule has 1 aliphatic rings. The van der Waals surface area contributed by atoms with Gasteiger partial charge in [-0.2, -0.15) is 15.8 Å². The van der Waals surface area contributed by atoms with E-state index < -0.39 is 5.72 Å². The van der Waals surface area contributed by atoms with Crippen LogP contribution in [0.1, 0.15) is 18.1 Å². The summed E-state index contributed by atoms with van der Waals surface area (Å²) in [4.78, 5) is 0. The molecule has 118 valence electrons. The van der Waals surface area contributed by atoms with Gasteiger partial charge in [-0.05, 0) is 26.0 Å². The topological polar surface area (TPSA) is 124 Å². The lowest BCUT2D eigenvalue weighted by atomic mass is 10.00. The highest BCUT2D eigenvalue weighted by atomic mass is 16.3. The van der Waals surface area contributed by atoms with E-state index in [1.54, 1.807) is 36.4 Å². The molecule has 0 aromatic heterocycles. The molecule has 1 heterocycles. The Bertz CT molecular complexity index is 900. The van der Waals surface area contributed by atoms with Gasteiger partial charge >= 0.3 is 0 Å². The quantitative estimate of drug-likeness (QED) is 0.718. The standard InChI is InChI=1S/C18H14N4O2/c1-11-3-6-16(23)12(7-11)4-5-15-14(10-21)17(13(8-19)9-20)22-18(15,2)24/h3-7,22-24H,1-2H3/b5-4+. The molecule has 0 aliphatic carbocycles. The SMILES string of the molecule is Cc1ccc(O)c(/C=C/C2=C(C#N)C(=C(C#N)C#N)NC2(C)O)c1. The molecular weight excluding hydrogens is 304 g/mol. The second-order valence-electron chi connectivity index (χ2n) is 5.47. The van der Waals surface area contributed by atoms with Crippen molar-refractivity contribution in [2.45, 2.75) is 19.6 Å². The number of nitrogens with zero attached hydrogens (tertiary/aromatic N) is 3. The molecule has 0 fully saturated rings. The van der Waals surface area contributed by atoms with Crippen LogP contribution in [-0.4, -0.2) is 15.9 Å². The van der Waals surface area contributed by atoms with Gasteiger partial charge in [0, 0.05) is 11.1 Å². The zero-order valence-electron chi connectivity index (χ0n) is 13.1. The minimum atomic E-state index is -1.62. The summed E-state index contributed by atoms with van der Waals surface area (Å²) in [5, 5.41) is 50.4. The average Bonchev–Trinajstić information content (AvgIpc) is 2.79. The first kappa shape index (κ1) is 16.8. The molecular formula is C18H14N4O2. The van der Waals surface area contributed by atoms with Crippen LogP contribution in [0.3, 0.4) is 0 Å². The molecule has 0 amide bonds. The van der Waals surface area contributed by atoms with Crippen LogP contribution in [0.25, 0.3) is 6.08 Å². The molecule has 6 nitrogen and oxygen atoms in total. The predicted octanol–water partition coefficient (Wildman–Crippen LogP) is 2.15. The molecule has 0 radical (unpaired) electrons. The van der Waals surface area contributed by atoms with Crippen molar-refractivity contribution in [3.05, 3.63) is 57.8 Å². The van der Waals surface area contributed by atoms with E-state index in [-0.39, 0.29) is 28.2 Å². The highest BCUT2D eigenvalue weighted by molar-refractivity contribution is 5.67. The Hall–Kier alpha value is -3.53. The molecule has 1 aliphatic heterocycles. The van der Waals surface area contributed by atoms with Gasteiger partial charge in [-0.3, -0.25) is 0 Å². The number of hydrogen-bond acceptors (Lipinski definition) is 6. The number of aromatic hydroxyl groups is 1. The monoisotopic (exact) mass is 318 g/mol. The molecule has 1 unspecified atom stereocenters. The lowest BCUT2D eigenvalue weighted by Gasteiger charge is -2.20. The summed E-state index contributed by atoms with van der Waals surface area (Å²) in [5.74, 6) is 0.0621. The zero-order chi connectivity index (χ0) is 17.9. The average molecular weight is 318 g/mol. The number of phenols is 1. The van der Waals surface area contributed by atoms with Crippen LogP contribution in [0.4, 0.5) is 0 Å². The number of nitriles is 3. The highest BCUT2D eigenvalue weighted by Gasteiger charge is 2.37. The molecule has 1 aromatic carbocycles. The fourth-order valence-electron chi connectivity index (χ4n) is 2.42. The number of nitrogens with one attached hydrogen (secondary N) is 1. The maximum Gasteiger partial charge on any atom is 0.160 e. The molecule has 24 heavy (non-hydrogen) atoms. The minimum absolute atomic E-state index is 0.000569. The van der Waals surface area contributed by atoms with E-state index in [9.17, 15) is 15.5 Å². The van der Waals surface area contributed by atoms with Crippen LogP contribution in [0.15, 0.2) is 46.7 Å². The third-order valence-corrected chi connectivity index (χ3v) is 3.61. The van der Waals surface area contributed by atoms with Crippen LogP contribution < -0.4 is 5.32 Å². The van der Waals surface area contributed by atoms with Crippen LogP contribution in [0.5, 0.6) is 5.75 Å². The fraction of sp³-hybridized carbons (Fsp3) is 0.167. The highest BCUT2D eigenvalue weighted by Crippen LogP contribution is 2.33. The lowest BCUT2D eigenvalue weighted by molar-refractivity contribution is 0.0851. The van der Waals surface area contributed by atoms with Crippen molar-refractivity contribution < 1.29 is 10.2 Å². The van der Waals surface area contributed by atoms with Crippen LogP contribution in [-0.2, 0) is 0 Å². The van der Waals surface area contributed by atoms with Crippen LogP contribution >= 0.6 is 0 Å². The van der Waals surface area contributed by atoms with Gasteiger partial charge in [0.1, 0.15) is 24.0 Å². The van der Waals surface area contributed by atoms with E-state index in [4.69, 9.17) is 10.5 Å². The second-order valence-corrected chi connectivity index (χ2v) is 5.47. The maximum atomic E-state index is 10.5. The van der Waals surface area contributed by atoms with Gasteiger partial charge in [0.25, 0.3) is 0 Å². The Morgan fingerprint density at radius 1 is 1.21 bits per heavy atom. The summed E-state index contributed by atoms with van der Waals surface area (Å²) in [7, 11) is 0. The molecule has 0 bridgehead atoms. The van der Waals surface area contributed by atoms with Gasteiger partial charge < -0.3 is 15.5 Å². The van der Waals surface area contributed by atoms with E-state index in [2.05, 4.69) is 5.32 Å². The zero-order valence-corrected chi connectivity index (χ0v) is 13.1. The van der Waals surface area contributed by atoms with E-state index >= 15 is 0 Å². The van der Waals surface area contributed by atoms with Crippen molar-refractivity contribution in [1.29, 1.82) is 15.8 Å². The smallest absolute Gasteiger partial charge is 0.160 e. The van der Waals surface area contributed by atoms with E-state index in [0.29, 0.717) is 5.56 Å². The third-order valence-electron chi connectivity index (χ3n) is 3.61. The largest absolute Gasteiger partial charge is 0.507 e. The molecule has 2 rings (SSSR count). The Morgan fingerprint density at radius 2 is 1.88 bits per heavy atom. The summed E-state index contributed by atoms with van der Waals surface area (Å²) in [5.41, 5.74) is -0.210. The van der Waals surface area contributed by atoms with E-state index in [1.807, 2.05) is 13.0 Å². The summed E-state index contributed by atoms with van der Waals surface area (Å²) in [6.45, 7) is 3.29. The molecule has 1 aromatic rings. The van der Waals surface area contributed by atoms with Gasteiger partial charge in [0.15, 0.2) is 11.3 Å². The first-order valence-electron chi connectivity index (χ1n) is 7.02. The second kappa shape index (κ2) is 6.30. The first-order chi connectivity index (χ1) is 11.3. The number of hydrogen-bond donors (Lipinski definition) is 3. The Kier molecular flexibility index (Phi) is 4.42. The third kappa shape index (κ3) is 2.98. The van der Waals surface area contributed by atoms with Crippen molar-refractivity contribution >= 4 is 6.08 Å². The maximum absolute atomic E-state index is 10.5. The number of aryl methyl sites for hydroxylation is 1. The van der Waals surface area contributed by atoms with Crippen molar-refractivity contribution in [1.82, 2.24) is 5.32 Å². The summed E-state index contributed by atoms with van der Waals surface area (Å²) in [6.07, 6.45) is 3.05. The normalized spacial score (nSPS) is 19.6. The van der Waals surface area contributed by atoms with Crippen LogP contribution in [0.2, 0.25) is 0 Å². The molecule has 3 N–H and O–H groups in total. The molecule has 0 saturated heterocycles. The number of phenolic OH excluding ortho intramolecular Hbond substituents is 1. The van der Waals surface area contributed by atoms with Crippen LogP contribution in [0, 0.1) is 40.9 Å².